The Labute approximate surface area is 63.0 Å². The van der Waals surface area contributed by atoms with Crippen LogP contribution in [0.5, 0.6) is 0 Å². The fourth-order valence-electron chi connectivity index (χ4n) is 0.519. The van der Waals surface area contributed by atoms with Crippen molar-refractivity contribution in [2.45, 2.75) is 18.9 Å². The molecule has 0 aromatic carbocycles. The Morgan fingerprint density at radius 2 is 2.18 bits per heavy atom. The Balaban J connectivity index is 3.70. The average Bonchev–Trinajstić information content (AvgIpc) is 1.87. The van der Waals surface area contributed by atoms with Gasteiger partial charge in [0.05, 0.1) is 6.04 Å². The number of carbonyl (C=O) groups is 2. The fraction of sp³-hybridized carbons (Fsp3) is 0.600. The van der Waals surface area contributed by atoms with Crippen molar-refractivity contribution in [1.29, 1.82) is 0 Å². The Morgan fingerprint density at radius 1 is 1.64 bits per heavy atom. The first-order chi connectivity index (χ1) is 5.07. The van der Waals surface area contributed by atoms with E-state index in [-0.39, 0.29) is 12.8 Å². The quantitative estimate of drug-likeness (QED) is 0.437. The van der Waals surface area contributed by atoms with Gasteiger partial charge in [0.15, 0.2) is 0 Å². The summed E-state index contributed by atoms with van der Waals surface area (Å²) >= 11 is 0. The number of nitrogens with two attached hydrogens (primary N) is 1. The van der Waals surface area contributed by atoms with Gasteiger partial charge in [-0.15, -0.1) is 0 Å². The molecule has 0 rings (SSSR count). The predicted molar refractivity (Wildman–Crippen MR) is 36.4 cm³/mol. The van der Waals surface area contributed by atoms with Crippen molar-refractivity contribution >= 4 is 11.9 Å². The second-order valence-electron chi connectivity index (χ2n) is 2.01. The molecule has 6 nitrogen and oxygen atoms in total. The van der Waals surface area contributed by atoms with Crippen molar-refractivity contribution in [3.63, 3.8) is 0 Å². The van der Waals surface area contributed by atoms with E-state index in [2.05, 4.69) is 0 Å². The Hall–Kier alpha value is -1.14. The van der Waals surface area contributed by atoms with Gasteiger partial charge >= 0.3 is 5.97 Å². The van der Waals surface area contributed by atoms with E-state index in [0.29, 0.717) is 0 Å². The number of carbonyl (C=O) groups excluding carboxylic acids is 1. The fourth-order valence-corrected chi connectivity index (χ4v) is 0.519. The number of primary amides is 1. The van der Waals surface area contributed by atoms with Crippen LogP contribution in [0.2, 0.25) is 0 Å². The van der Waals surface area contributed by atoms with Gasteiger partial charge in [0.2, 0.25) is 5.91 Å². The first kappa shape index (κ1) is 9.86. The number of amides is 1. The topological polar surface area (TPSA) is 115 Å². The van der Waals surface area contributed by atoms with E-state index in [1.165, 1.54) is 5.48 Å². The lowest BCUT2D eigenvalue weighted by Crippen LogP contribution is -2.33. The maximum atomic E-state index is 10.1. The zero-order chi connectivity index (χ0) is 8.85. The molecule has 0 aliphatic heterocycles. The summed E-state index contributed by atoms with van der Waals surface area (Å²) in [5, 5.41) is 18.2. The predicted octanol–water partition coefficient (Wildman–Crippen LogP) is -1.21. The van der Waals surface area contributed by atoms with Gasteiger partial charge in [0, 0.05) is 6.42 Å². The van der Waals surface area contributed by atoms with Gasteiger partial charge in [-0.25, -0.2) is 0 Å². The minimum atomic E-state index is -1.28. The first-order valence-corrected chi connectivity index (χ1v) is 2.96. The average molecular weight is 161 g/mol. The van der Waals surface area contributed by atoms with Gasteiger partial charge in [0.25, 0.3) is 0 Å². The molecule has 0 aromatic heterocycles. The third-order valence-electron chi connectivity index (χ3n) is 1.12. The minimum absolute atomic E-state index is 0.0752. The summed E-state index contributed by atoms with van der Waals surface area (Å²) in [4.78, 5) is 20.3. The third kappa shape index (κ3) is 4.29. The SMILES string of the molecule is NC(=O)CC[C@H](N[O-])C(=O)O. The summed E-state index contributed by atoms with van der Waals surface area (Å²) in [6.07, 6.45) is -0.180. The van der Waals surface area contributed by atoms with Gasteiger partial charge in [-0.2, -0.15) is 0 Å². The van der Waals surface area contributed by atoms with Crippen molar-refractivity contribution in [2.75, 3.05) is 0 Å². The van der Waals surface area contributed by atoms with E-state index in [4.69, 9.17) is 10.8 Å². The van der Waals surface area contributed by atoms with E-state index in [9.17, 15) is 14.8 Å². The van der Waals surface area contributed by atoms with Crippen LogP contribution in [0.1, 0.15) is 12.8 Å². The molecule has 0 spiro atoms. The molecule has 1 amide bonds. The van der Waals surface area contributed by atoms with Crippen LogP contribution in [0.4, 0.5) is 0 Å². The molecule has 11 heavy (non-hydrogen) atoms. The largest absolute Gasteiger partial charge is 0.787 e. The Bertz CT molecular complexity index is 159. The van der Waals surface area contributed by atoms with E-state index >= 15 is 0 Å². The molecular formula is C5H9N2O4-. The van der Waals surface area contributed by atoms with Crippen LogP contribution >= 0.6 is 0 Å². The van der Waals surface area contributed by atoms with Gasteiger partial charge in [-0.05, 0) is 6.42 Å². The third-order valence-corrected chi connectivity index (χ3v) is 1.12. The van der Waals surface area contributed by atoms with Crippen molar-refractivity contribution in [1.82, 2.24) is 5.48 Å². The number of hydrogen-bond donors (Lipinski definition) is 3. The highest BCUT2D eigenvalue weighted by atomic mass is 16.5. The molecule has 1 atom stereocenters. The molecule has 0 bridgehead atoms. The molecule has 0 aromatic rings. The molecular weight excluding hydrogens is 152 g/mol. The molecule has 0 saturated heterocycles. The highest BCUT2D eigenvalue weighted by molar-refractivity contribution is 5.77. The zero-order valence-corrected chi connectivity index (χ0v) is 5.74. The van der Waals surface area contributed by atoms with E-state index in [0.717, 1.165) is 0 Å². The normalized spacial score (nSPS) is 12.5. The van der Waals surface area contributed by atoms with E-state index in [1.54, 1.807) is 0 Å². The van der Waals surface area contributed by atoms with Crippen molar-refractivity contribution in [3.8, 4) is 0 Å². The molecule has 0 heterocycles. The second kappa shape index (κ2) is 4.64. The van der Waals surface area contributed by atoms with E-state index in [1.807, 2.05) is 0 Å². The van der Waals surface area contributed by atoms with Crippen LogP contribution < -0.4 is 11.2 Å². The molecule has 0 saturated carbocycles. The summed E-state index contributed by atoms with van der Waals surface area (Å²) in [5.41, 5.74) is 6.03. The highest BCUT2D eigenvalue weighted by Crippen LogP contribution is 1.95. The van der Waals surface area contributed by atoms with Gasteiger partial charge < -0.3 is 21.5 Å². The molecule has 0 aliphatic carbocycles. The molecule has 4 N–H and O–H groups in total. The number of aliphatic carboxylic acids is 1. The minimum Gasteiger partial charge on any atom is -0.787 e. The van der Waals surface area contributed by atoms with Crippen molar-refractivity contribution in [2.24, 2.45) is 5.73 Å². The van der Waals surface area contributed by atoms with Crippen LogP contribution in [-0.2, 0) is 9.59 Å². The summed E-state index contributed by atoms with van der Waals surface area (Å²) in [6, 6.07) is -1.23. The first-order valence-electron chi connectivity index (χ1n) is 2.96. The Kier molecular flexibility index (Phi) is 4.16. The molecule has 0 unspecified atom stereocenters. The van der Waals surface area contributed by atoms with Gasteiger partial charge in [-0.1, -0.05) is 0 Å². The lowest BCUT2D eigenvalue weighted by Gasteiger charge is -2.16. The summed E-state index contributed by atoms with van der Waals surface area (Å²) < 4.78 is 0. The monoisotopic (exact) mass is 161 g/mol. The van der Waals surface area contributed by atoms with Crippen LogP contribution in [-0.4, -0.2) is 23.0 Å². The lowest BCUT2D eigenvalue weighted by molar-refractivity contribution is -0.139. The maximum Gasteiger partial charge on any atom is 0.319 e. The summed E-state index contributed by atoms with van der Waals surface area (Å²) in [6.45, 7) is 0. The molecule has 0 aliphatic rings. The highest BCUT2D eigenvalue weighted by Gasteiger charge is 2.12. The summed E-state index contributed by atoms with van der Waals surface area (Å²) in [5.74, 6) is -1.90. The maximum absolute atomic E-state index is 10.1. The van der Waals surface area contributed by atoms with Gasteiger partial charge in [-0.3, -0.25) is 9.59 Å². The van der Waals surface area contributed by atoms with Crippen LogP contribution in [0.25, 0.3) is 0 Å². The van der Waals surface area contributed by atoms with Crippen LogP contribution in [0.15, 0.2) is 0 Å². The van der Waals surface area contributed by atoms with Crippen molar-refractivity contribution < 1.29 is 14.7 Å². The van der Waals surface area contributed by atoms with Gasteiger partial charge in [0.1, 0.15) is 0 Å². The number of carboxylic acid groups (broad SMARTS) is 1. The van der Waals surface area contributed by atoms with Crippen molar-refractivity contribution in [3.05, 3.63) is 5.21 Å². The van der Waals surface area contributed by atoms with Crippen LogP contribution in [0.3, 0.4) is 0 Å². The molecule has 0 radical (unpaired) electrons. The number of rotatable bonds is 5. The summed E-state index contributed by atoms with van der Waals surface area (Å²) in [7, 11) is 0. The lowest BCUT2D eigenvalue weighted by atomic mass is 10.1. The Morgan fingerprint density at radius 3 is 2.45 bits per heavy atom. The standard InChI is InChI=1S/C5H9N2O4/c6-4(8)2-1-3(7-11)5(9)10/h3,7H,1-2H2,(H2,6,8)(H,9,10)/q-1/t3-/m0/s1. The molecule has 64 valence electrons. The zero-order valence-electron chi connectivity index (χ0n) is 5.74. The molecule has 0 fully saturated rings. The number of nitrogens with one attached hydrogen (secondary N) is 1. The number of hydrogen-bond acceptors (Lipinski definition) is 4. The number of hydroxylamine groups is 1. The smallest absolute Gasteiger partial charge is 0.319 e. The molecule has 6 heteroatoms. The van der Waals surface area contributed by atoms with Crippen LogP contribution in [0, 0.1) is 5.21 Å². The number of carboxylic acids is 1. The van der Waals surface area contributed by atoms with E-state index < -0.39 is 17.9 Å². The second-order valence-corrected chi connectivity index (χ2v) is 2.01.